The van der Waals surface area contributed by atoms with Crippen LogP contribution in [0.15, 0.2) is 59.6 Å². The number of guanidine groups is 1. The molecule has 24 heavy (non-hydrogen) atoms. The molecule has 0 bridgehead atoms. The second-order valence-electron chi connectivity index (χ2n) is 5.29. The van der Waals surface area contributed by atoms with E-state index in [1.807, 2.05) is 30.3 Å². The molecule has 6 heteroatoms. The lowest BCUT2D eigenvalue weighted by Crippen LogP contribution is -2.37. The zero-order chi connectivity index (χ0) is 17.4. The predicted octanol–water partition coefficient (Wildman–Crippen LogP) is 3.61. The zero-order valence-electron chi connectivity index (χ0n) is 13.4. The van der Waals surface area contributed by atoms with Gasteiger partial charge in [-0.25, -0.2) is 0 Å². The number of hydrogen-bond donors (Lipinski definition) is 2. The molecule has 2 aromatic rings. The maximum Gasteiger partial charge on any atom is 0.416 e. The SMILES string of the molecule is CN=C(NCCc1ccccc1)NCc1cccc(C(F)(F)F)c1. The van der Waals surface area contributed by atoms with E-state index in [0.29, 0.717) is 18.1 Å². The number of aliphatic imine (C=N–C) groups is 1. The first-order valence-corrected chi connectivity index (χ1v) is 7.63. The molecule has 0 heterocycles. The molecule has 0 aliphatic rings. The van der Waals surface area contributed by atoms with Gasteiger partial charge in [0.05, 0.1) is 5.56 Å². The molecule has 0 saturated carbocycles. The maximum atomic E-state index is 12.7. The van der Waals surface area contributed by atoms with Gasteiger partial charge in [0.1, 0.15) is 0 Å². The van der Waals surface area contributed by atoms with E-state index >= 15 is 0 Å². The molecule has 0 amide bonds. The Morgan fingerprint density at radius 3 is 2.33 bits per heavy atom. The average molecular weight is 335 g/mol. The summed E-state index contributed by atoms with van der Waals surface area (Å²) in [6, 6.07) is 15.3. The van der Waals surface area contributed by atoms with Crippen molar-refractivity contribution in [3.8, 4) is 0 Å². The van der Waals surface area contributed by atoms with Crippen molar-refractivity contribution < 1.29 is 13.2 Å². The van der Waals surface area contributed by atoms with E-state index in [1.165, 1.54) is 11.6 Å². The first kappa shape index (κ1) is 17.8. The van der Waals surface area contributed by atoms with Gasteiger partial charge in [0, 0.05) is 20.1 Å². The van der Waals surface area contributed by atoms with E-state index in [9.17, 15) is 13.2 Å². The second kappa shape index (κ2) is 8.38. The normalized spacial score (nSPS) is 12.1. The van der Waals surface area contributed by atoms with E-state index in [2.05, 4.69) is 15.6 Å². The molecular formula is C18H20F3N3. The number of rotatable bonds is 5. The van der Waals surface area contributed by atoms with Gasteiger partial charge in [-0.15, -0.1) is 0 Å². The standard InChI is InChI=1S/C18H20F3N3/c1-22-17(23-11-10-14-6-3-2-4-7-14)24-13-15-8-5-9-16(12-15)18(19,20)21/h2-9,12H,10-11,13H2,1H3,(H2,22,23,24). The topological polar surface area (TPSA) is 36.4 Å². The highest BCUT2D eigenvalue weighted by Gasteiger charge is 2.30. The van der Waals surface area contributed by atoms with Crippen molar-refractivity contribution in [2.24, 2.45) is 4.99 Å². The summed E-state index contributed by atoms with van der Waals surface area (Å²) in [7, 11) is 1.63. The molecule has 0 fully saturated rings. The van der Waals surface area contributed by atoms with E-state index in [1.54, 1.807) is 13.1 Å². The van der Waals surface area contributed by atoms with Gasteiger partial charge in [-0.3, -0.25) is 4.99 Å². The molecular weight excluding hydrogens is 315 g/mol. The average Bonchev–Trinajstić information content (AvgIpc) is 2.58. The van der Waals surface area contributed by atoms with E-state index < -0.39 is 11.7 Å². The molecule has 128 valence electrons. The van der Waals surface area contributed by atoms with E-state index in [4.69, 9.17) is 0 Å². The highest BCUT2D eigenvalue weighted by Crippen LogP contribution is 2.29. The molecule has 0 atom stereocenters. The first-order chi connectivity index (χ1) is 11.5. The van der Waals surface area contributed by atoms with Gasteiger partial charge in [-0.05, 0) is 29.7 Å². The van der Waals surface area contributed by atoms with Gasteiger partial charge >= 0.3 is 6.18 Å². The molecule has 2 N–H and O–H groups in total. The summed E-state index contributed by atoms with van der Waals surface area (Å²) in [5.41, 5.74) is 1.11. The summed E-state index contributed by atoms with van der Waals surface area (Å²) in [5.74, 6) is 0.559. The largest absolute Gasteiger partial charge is 0.416 e. The van der Waals surface area contributed by atoms with Crippen LogP contribution in [-0.4, -0.2) is 19.6 Å². The van der Waals surface area contributed by atoms with Crippen molar-refractivity contribution in [1.82, 2.24) is 10.6 Å². The van der Waals surface area contributed by atoms with Gasteiger partial charge < -0.3 is 10.6 Å². The summed E-state index contributed by atoms with van der Waals surface area (Å²) >= 11 is 0. The van der Waals surface area contributed by atoms with Crippen LogP contribution in [0, 0.1) is 0 Å². The number of benzene rings is 2. The fraction of sp³-hybridized carbons (Fsp3) is 0.278. The van der Waals surface area contributed by atoms with Crippen molar-refractivity contribution in [2.45, 2.75) is 19.1 Å². The van der Waals surface area contributed by atoms with Crippen LogP contribution in [0.4, 0.5) is 13.2 Å². The number of hydrogen-bond acceptors (Lipinski definition) is 1. The third-order valence-corrected chi connectivity index (χ3v) is 3.49. The maximum absolute atomic E-state index is 12.7. The quantitative estimate of drug-likeness (QED) is 0.647. The van der Waals surface area contributed by atoms with Gasteiger partial charge in [-0.2, -0.15) is 13.2 Å². The number of nitrogens with zero attached hydrogens (tertiary/aromatic N) is 1. The first-order valence-electron chi connectivity index (χ1n) is 7.63. The Hall–Kier alpha value is -2.50. The predicted molar refractivity (Wildman–Crippen MR) is 89.8 cm³/mol. The summed E-state index contributed by atoms with van der Waals surface area (Å²) in [6.45, 7) is 0.960. The molecule has 0 aromatic heterocycles. The second-order valence-corrected chi connectivity index (χ2v) is 5.29. The van der Waals surface area contributed by atoms with Crippen molar-refractivity contribution in [3.05, 3.63) is 71.3 Å². The van der Waals surface area contributed by atoms with Gasteiger partial charge in [0.2, 0.25) is 0 Å². The van der Waals surface area contributed by atoms with Crippen LogP contribution in [0.5, 0.6) is 0 Å². The minimum absolute atomic E-state index is 0.273. The molecule has 0 aliphatic heterocycles. The number of nitrogens with one attached hydrogen (secondary N) is 2. The molecule has 2 aromatic carbocycles. The van der Waals surface area contributed by atoms with Crippen LogP contribution in [0.2, 0.25) is 0 Å². The summed E-state index contributed by atoms with van der Waals surface area (Å²) in [6.07, 6.45) is -3.49. The third kappa shape index (κ3) is 5.61. The minimum Gasteiger partial charge on any atom is -0.356 e. The Labute approximate surface area is 139 Å². The van der Waals surface area contributed by atoms with Gasteiger partial charge in [-0.1, -0.05) is 42.5 Å². The Balaban J connectivity index is 1.83. The van der Waals surface area contributed by atoms with E-state index in [-0.39, 0.29) is 6.54 Å². The van der Waals surface area contributed by atoms with Crippen LogP contribution in [0.25, 0.3) is 0 Å². The fourth-order valence-electron chi connectivity index (χ4n) is 2.23. The minimum atomic E-state index is -4.33. The zero-order valence-corrected chi connectivity index (χ0v) is 13.4. The summed E-state index contributed by atoms with van der Waals surface area (Å²) in [5, 5.41) is 6.17. The molecule has 0 saturated heterocycles. The van der Waals surface area contributed by atoms with Crippen LogP contribution in [-0.2, 0) is 19.1 Å². The van der Waals surface area contributed by atoms with Crippen molar-refractivity contribution in [1.29, 1.82) is 0 Å². The van der Waals surface area contributed by atoms with Crippen LogP contribution >= 0.6 is 0 Å². The monoisotopic (exact) mass is 335 g/mol. The third-order valence-electron chi connectivity index (χ3n) is 3.49. The smallest absolute Gasteiger partial charge is 0.356 e. The highest BCUT2D eigenvalue weighted by molar-refractivity contribution is 5.79. The highest BCUT2D eigenvalue weighted by atomic mass is 19.4. The molecule has 0 radical (unpaired) electrons. The summed E-state index contributed by atoms with van der Waals surface area (Å²) < 4.78 is 38.1. The molecule has 0 spiro atoms. The van der Waals surface area contributed by atoms with Gasteiger partial charge in [0.25, 0.3) is 0 Å². The number of halogens is 3. The van der Waals surface area contributed by atoms with Gasteiger partial charge in [0.15, 0.2) is 5.96 Å². The van der Waals surface area contributed by atoms with Crippen molar-refractivity contribution in [3.63, 3.8) is 0 Å². The van der Waals surface area contributed by atoms with Crippen molar-refractivity contribution in [2.75, 3.05) is 13.6 Å². The Morgan fingerprint density at radius 1 is 0.958 bits per heavy atom. The lowest BCUT2D eigenvalue weighted by atomic mass is 10.1. The van der Waals surface area contributed by atoms with Crippen LogP contribution < -0.4 is 10.6 Å². The molecule has 3 nitrogen and oxygen atoms in total. The molecule has 0 aliphatic carbocycles. The Bertz CT molecular complexity index is 667. The molecule has 2 rings (SSSR count). The van der Waals surface area contributed by atoms with E-state index in [0.717, 1.165) is 18.6 Å². The summed E-state index contributed by atoms with van der Waals surface area (Å²) in [4.78, 5) is 4.08. The van der Waals surface area contributed by atoms with Crippen molar-refractivity contribution >= 4 is 5.96 Å². The Morgan fingerprint density at radius 2 is 1.67 bits per heavy atom. The number of alkyl halides is 3. The Kier molecular flexibility index (Phi) is 6.23. The lowest BCUT2D eigenvalue weighted by Gasteiger charge is -2.13. The van der Waals surface area contributed by atoms with Crippen LogP contribution in [0.1, 0.15) is 16.7 Å². The molecule has 0 unspecified atom stereocenters. The fourth-order valence-corrected chi connectivity index (χ4v) is 2.23. The lowest BCUT2D eigenvalue weighted by molar-refractivity contribution is -0.137. The van der Waals surface area contributed by atoms with Crippen LogP contribution in [0.3, 0.4) is 0 Å².